The molecule has 296 valence electrons. The number of amides is 1. The van der Waals surface area contributed by atoms with Crippen molar-refractivity contribution in [2.75, 3.05) is 39.1 Å². The number of esters is 1. The van der Waals surface area contributed by atoms with Crippen LogP contribution in [0.4, 0.5) is 8.78 Å². The van der Waals surface area contributed by atoms with Gasteiger partial charge in [-0.3, -0.25) is 19.7 Å². The summed E-state index contributed by atoms with van der Waals surface area (Å²) in [6.45, 7) is -7.82. The summed E-state index contributed by atoms with van der Waals surface area (Å²) in [6, 6.07) is 11.7. The monoisotopic (exact) mass is 815 g/mol. The highest BCUT2D eigenvalue weighted by Crippen LogP contribution is 2.35. The predicted octanol–water partition coefficient (Wildman–Crippen LogP) is 7.06. The van der Waals surface area contributed by atoms with Crippen LogP contribution in [-0.4, -0.2) is 93.2 Å². The van der Waals surface area contributed by atoms with E-state index in [1.54, 1.807) is 68.2 Å². The van der Waals surface area contributed by atoms with E-state index in [0.29, 0.717) is 27.0 Å². The molecule has 0 spiro atoms. The van der Waals surface area contributed by atoms with Crippen molar-refractivity contribution in [3.8, 4) is 21.1 Å². The number of benzene rings is 2. The van der Waals surface area contributed by atoms with Crippen molar-refractivity contribution < 1.29 is 60.8 Å². The number of hydrogen-bond acceptors (Lipinski definition) is 11. The smallest absolute Gasteiger partial charge is 0.307 e. The summed E-state index contributed by atoms with van der Waals surface area (Å²) < 4.78 is 192. The van der Waals surface area contributed by atoms with E-state index in [0.717, 1.165) is 5.56 Å². The summed E-state index contributed by atoms with van der Waals surface area (Å²) in [6.07, 6.45) is -19.8. The number of carbonyl (C=O) groups excluding carboxylic acids is 2. The first-order valence-electron chi connectivity index (χ1n) is 26.6. The van der Waals surface area contributed by atoms with Gasteiger partial charge in [-0.25, -0.2) is 24.2 Å². The highest BCUT2D eigenvalue weighted by molar-refractivity contribution is 7.13. The summed E-state index contributed by atoms with van der Waals surface area (Å²) in [7, 11) is 0. The Morgan fingerprint density at radius 2 is 1.36 bits per heavy atom. The van der Waals surface area contributed by atoms with Crippen molar-refractivity contribution in [2.45, 2.75) is 82.6 Å². The Morgan fingerprint density at radius 3 is 1.95 bits per heavy atom. The zero-order valence-corrected chi connectivity index (χ0v) is 31.5. The second-order valence-electron chi connectivity index (χ2n) is 13.3. The van der Waals surface area contributed by atoms with E-state index in [2.05, 4.69) is 9.97 Å². The Balaban J connectivity index is 0.000000202. The molecule has 6 aliphatic rings. The van der Waals surface area contributed by atoms with Crippen molar-refractivity contribution in [1.29, 1.82) is 0 Å². The van der Waals surface area contributed by atoms with Crippen LogP contribution in [-0.2, 0) is 25.2 Å². The van der Waals surface area contributed by atoms with E-state index in [-0.39, 0.29) is 15.6 Å². The molecule has 8 heterocycles. The van der Waals surface area contributed by atoms with Crippen LogP contribution in [0.3, 0.4) is 0 Å². The van der Waals surface area contributed by atoms with Gasteiger partial charge in [-0.2, -0.15) is 0 Å². The average Bonchev–Trinajstić information content (AvgIpc) is 4.00. The van der Waals surface area contributed by atoms with Gasteiger partial charge in [-0.15, -0.1) is 22.7 Å². The fraction of sp³-hybridized carbons (Fsp3) is 0.512. The van der Waals surface area contributed by atoms with E-state index in [4.69, 9.17) is 37.4 Å². The zero-order chi connectivity index (χ0) is 57.4. The number of nitrogens with one attached hydrogen (secondary N) is 1. The molecule has 6 saturated heterocycles. The van der Waals surface area contributed by atoms with Crippen molar-refractivity contribution in [3.63, 3.8) is 0 Å². The van der Waals surface area contributed by atoms with Crippen LogP contribution in [0.1, 0.15) is 98.4 Å². The Hall–Kier alpha value is -3.66. The molecule has 4 bridgehead atoms. The third-order valence-corrected chi connectivity index (χ3v) is 10.2. The molecule has 4 unspecified atom stereocenters. The molecule has 14 heteroatoms. The highest BCUT2D eigenvalue weighted by Gasteiger charge is 2.38. The summed E-state index contributed by atoms with van der Waals surface area (Å²) in [4.78, 5) is 33.9. The van der Waals surface area contributed by atoms with Crippen LogP contribution in [0.25, 0.3) is 21.1 Å². The van der Waals surface area contributed by atoms with Crippen LogP contribution < -0.4 is 5.48 Å². The highest BCUT2D eigenvalue weighted by atomic mass is 32.1. The molecular weight excluding hydrogens is 745 g/mol. The summed E-state index contributed by atoms with van der Waals surface area (Å²) in [5, 5.41) is 23.4. The molecule has 10 nitrogen and oxygen atoms in total. The van der Waals surface area contributed by atoms with Crippen LogP contribution in [0, 0.1) is 23.4 Å². The number of thiazole rings is 2. The lowest BCUT2D eigenvalue weighted by molar-refractivity contribution is -0.160. The van der Waals surface area contributed by atoms with Gasteiger partial charge in [0.05, 0.1) is 32.0 Å². The quantitative estimate of drug-likeness (QED) is 0.0974. The number of carbonyl (C=O) groups is 2. The molecule has 10 rings (SSSR count). The lowest BCUT2D eigenvalue weighted by Crippen LogP contribution is -2.52. The van der Waals surface area contributed by atoms with Crippen molar-refractivity contribution in [3.05, 3.63) is 82.3 Å². The third kappa shape index (κ3) is 10.2. The maximum absolute atomic E-state index is 13.2. The number of ether oxygens (including phenoxy) is 1. The van der Waals surface area contributed by atoms with Crippen LogP contribution in [0.2, 0.25) is 0 Å². The van der Waals surface area contributed by atoms with Crippen LogP contribution in [0.5, 0.6) is 0 Å². The normalized spacial score (nSPS) is 42.3. The molecular formula is C41H51F2N5O5S2. The number of hydrogen-bond donors (Lipinski definition) is 3. The summed E-state index contributed by atoms with van der Waals surface area (Å²) in [5.74, 6) is -9.20. The molecule has 2 aromatic heterocycles. The summed E-state index contributed by atoms with van der Waals surface area (Å²) >= 11 is 2.61. The van der Waals surface area contributed by atoms with E-state index in [1.807, 2.05) is 0 Å². The van der Waals surface area contributed by atoms with Gasteiger partial charge in [-0.05, 0) is 126 Å². The molecule has 6 atom stereocenters. The molecule has 0 saturated carbocycles. The number of halogens is 2. The van der Waals surface area contributed by atoms with Gasteiger partial charge in [0.15, 0.2) is 0 Å². The van der Waals surface area contributed by atoms with E-state index in [9.17, 15) is 23.5 Å². The largest absolute Gasteiger partial charge is 0.461 e. The Bertz CT molecular complexity index is 2810. The lowest BCUT2D eigenvalue weighted by Gasteiger charge is -2.44. The van der Waals surface area contributed by atoms with Crippen LogP contribution >= 0.6 is 22.7 Å². The maximum Gasteiger partial charge on any atom is 0.307 e. The first kappa shape index (κ1) is 22.3. The average molecular weight is 816 g/mol. The van der Waals surface area contributed by atoms with Crippen molar-refractivity contribution in [1.82, 2.24) is 25.2 Å². The van der Waals surface area contributed by atoms with Gasteiger partial charge in [0.25, 0.3) is 5.91 Å². The predicted molar refractivity (Wildman–Crippen MR) is 210 cm³/mol. The Kier molecular flexibility index (Phi) is 7.16. The fourth-order valence-electron chi connectivity index (χ4n) is 5.03. The molecule has 1 amide bonds. The number of piperidine rings is 6. The van der Waals surface area contributed by atoms with Crippen molar-refractivity contribution >= 4 is 34.6 Å². The minimum absolute atomic E-state index is 0.156. The van der Waals surface area contributed by atoms with Gasteiger partial charge in [0.1, 0.15) is 27.7 Å². The molecule has 6 aliphatic heterocycles. The minimum atomic E-state index is -3.46. The topological polar surface area (TPSA) is 128 Å². The number of rotatable bonds is 8. The van der Waals surface area contributed by atoms with Crippen LogP contribution in [0.15, 0.2) is 59.3 Å². The first-order chi connectivity index (χ1) is 33.7. The number of aliphatic hydroxyl groups is 1. The molecule has 0 aliphatic carbocycles. The third-order valence-electron chi connectivity index (χ3n) is 8.40. The number of aromatic nitrogens is 2. The molecule has 3 N–H and O–H groups in total. The molecule has 6 fully saturated rings. The second-order valence-corrected chi connectivity index (χ2v) is 15.1. The minimum Gasteiger partial charge on any atom is -0.461 e. The maximum atomic E-state index is 13.2. The number of nitrogens with zero attached hydrogens (tertiary/aromatic N) is 4. The first-order valence-corrected chi connectivity index (χ1v) is 18.3. The Morgan fingerprint density at radius 1 is 0.855 bits per heavy atom. The standard InChI is InChI=1S/C21H25FN2O2S.C13H13FN2O2S.C7H13NO/c1-21(2,11-19(25)26-17-12-24-9-7-14(17)8-10-24)18-13-27-20(23-18)15-3-5-16(22)6-4-15;1-13(2,12(17)16-18)10-7-19-11(15-10)8-3-5-9(14)6-4-8;9-7-5-8-3-1-6(7)2-4-8/h3-6,13-14,17H,7-12H2,1-2H3;3-7,18H,1-2H3,(H,16,17);6-7,9H,1-5H2/t17-;;7-/m1.1/s1/i7D2,8D2,9D2,12D2,14D,17D;;1D2,2D2,3D2,5D2,6D,7D/t14?,17-;;6?,7-. The SMILES string of the molecule is CC(C)(C(=O)NO)c1csc(-c2ccc(F)cc2)n1.[2H]C1([2H])CN2C([2H])([2H])C([2H])([2H])C1([2H])[C@]([2H])(O)C2([2H])[2H].[2H]C1([2H])CN2C([2H])([2H])C([2H])([2H])C1([2H])[C@]([2H])(OC(=O)CC(C)(C)c1csc(-c3ccc(F)cc3)n1)C2([2H])[2H]. The molecule has 55 heavy (non-hydrogen) atoms. The van der Waals surface area contributed by atoms with E-state index >= 15 is 0 Å². The van der Waals surface area contributed by atoms with Gasteiger partial charge in [-0.1, -0.05) is 13.8 Å². The van der Waals surface area contributed by atoms with E-state index in [1.165, 1.54) is 46.9 Å². The second kappa shape index (κ2) is 17.6. The molecule has 0 radical (unpaired) electrons. The number of hydroxylamine groups is 1. The lowest BCUT2D eigenvalue weighted by atomic mass is 9.85. The Labute approximate surface area is 357 Å². The van der Waals surface area contributed by atoms with Crippen molar-refractivity contribution in [2.24, 2.45) is 11.8 Å². The van der Waals surface area contributed by atoms with E-state index < -0.39 is 123 Å². The van der Waals surface area contributed by atoms with Gasteiger partial charge < -0.3 is 14.7 Å². The van der Waals surface area contributed by atoms with Gasteiger partial charge >= 0.3 is 5.97 Å². The fourth-order valence-corrected chi connectivity index (χ4v) is 7.05. The molecule has 2 aromatic carbocycles. The summed E-state index contributed by atoms with van der Waals surface area (Å²) in [5.41, 5.74) is 2.11. The van der Waals surface area contributed by atoms with Gasteiger partial charge in [0, 0.05) is 65.0 Å². The number of fused-ring (bicyclic) bond motifs is 6. The zero-order valence-electron chi connectivity index (χ0n) is 49.9. The molecule has 4 aromatic rings. The van der Waals surface area contributed by atoms with Gasteiger partial charge in [0.2, 0.25) is 0 Å².